The summed E-state index contributed by atoms with van der Waals surface area (Å²) in [6, 6.07) is 32.5. The number of benzene rings is 3. The molecule has 0 saturated heterocycles. The van der Waals surface area contributed by atoms with Crippen molar-refractivity contribution in [1.82, 2.24) is 4.98 Å². The van der Waals surface area contributed by atoms with Crippen LogP contribution in [0.5, 0.6) is 0 Å². The molecule has 0 aliphatic carbocycles. The number of hydrogen-bond acceptors (Lipinski definition) is 1. The van der Waals surface area contributed by atoms with Crippen molar-refractivity contribution in [3.8, 4) is 22.4 Å². The highest BCUT2D eigenvalue weighted by Gasteiger charge is 2.10. The second-order valence-corrected chi connectivity index (χ2v) is 8.05. The van der Waals surface area contributed by atoms with Gasteiger partial charge in [0.05, 0.1) is 5.69 Å². The maximum atomic E-state index is 4.67. The largest absolute Gasteiger partial charge is 0.256 e. The van der Waals surface area contributed by atoms with Gasteiger partial charge in [0.2, 0.25) is 0 Å². The van der Waals surface area contributed by atoms with E-state index in [1.165, 1.54) is 33.4 Å². The van der Waals surface area contributed by atoms with Crippen LogP contribution in [0, 0.1) is 5.92 Å². The van der Waals surface area contributed by atoms with Crippen molar-refractivity contribution in [3.63, 3.8) is 0 Å². The van der Waals surface area contributed by atoms with E-state index >= 15 is 0 Å². The van der Waals surface area contributed by atoms with Crippen LogP contribution < -0.4 is 0 Å². The minimum absolute atomic E-state index is 0.638. The zero-order valence-corrected chi connectivity index (χ0v) is 17.2. The molecule has 0 fully saturated rings. The topological polar surface area (TPSA) is 12.9 Å². The van der Waals surface area contributed by atoms with E-state index in [4.69, 9.17) is 0 Å². The zero-order chi connectivity index (χ0) is 20.1. The van der Waals surface area contributed by atoms with Crippen LogP contribution in [-0.2, 0) is 12.8 Å². The summed E-state index contributed by atoms with van der Waals surface area (Å²) >= 11 is 0. The molecule has 0 amide bonds. The summed E-state index contributed by atoms with van der Waals surface area (Å²) in [5, 5.41) is 0. The lowest BCUT2D eigenvalue weighted by Crippen LogP contribution is -1.97. The van der Waals surface area contributed by atoms with Gasteiger partial charge in [-0.15, -0.1) is 0 Å². The van der Waals surface area contributed by atoms with Crippen LogP contribution in [0.2, 0.25) is 0 Å². The van der Waals surface area contributed by atoms with Gasteiger partial charge in [0, 0.05) is 11.8 Å². The maximum absolute atomic E-state index is 4.67. The molecular weight excluding hydrogens is 350 g/mol. The van der Waals surface area contributed by atoms with E-state index in [9.17, 15) is 0 Å². The molecule has 1 nitrogen and oxygen atoms in total. The molecule has 3 aromatic carbocycles. The Morgan fingerprint density at radius 3 is 2.14 bits per heavy atom. The Labute approximate surface area is 174 Å². The molecular formula is C28H27N. The third-order valence-corrected chi connectivity index (χ3v) is 5.19. The Bertz CT molecular complexity index is 1070. The molecule has 0 atom stereocenters. The molecule has 0 spiro atoms. The van der Waals surface area contributed by atoms with E-state index in [1.807, 2.05) is 6.20 Å². The summed E-state index contributed by atoms with van der Waals surface area (Å²) in [4.78, 5) is 4.67. The predicted molar refractivity (Wildman–Crippen MR) is 123 cm³/mol. The third-order valence-electron chi connectivity index (χ3n) is 5.19. The first kappa shape index (κ1) is 19.1. The van der Waals surface area contributed by atoms with Crippen molar-refractivity contribution < 1.29 is 0 Å². The Balaban J connectivity index is 1.76. The number of rotatable bonds is 6. The SMILES string of the molecule is CC(C)Cc1ccnc(-c2ccc(-c3ccccc3)c(Cc3ccccc3)c2)c1. The quantitative estimate of drug-likeness (QED) is 0.346. The Morgan fingerprint density at radius 1 is 0.690 bits per heavy atom. The van der Waals surface area contributed by atoms with E-state index in [0.29, 0.717) is 5.92 Å². The minimum Gasteiger partial charge on any atom is -0.256 e. The number of hydrogen-bond donors (Lipinski definition) is 0. The van der Waals surface area contributed by atoms with Gasteiger partial charge in [0.1, 0.15) is 0 Å². The highest BCUT2D eigenvalue weighted by atomic mass is 14.7. The summed E-state index contributed by atoms with van der Waals surface area (Å²) < 4.78 is 0. The van der Waals surface area contributed by atoms with Crippen molar-refractivity contribution in [2.24, 2.45) is 5.92 Å². The van der Waals surface area contributed by atoms with E-state index in [2.05, 4.69) is 110 Å². The maximum Gasteiger partial charge on any atom is 0.0704 e. The molecule has 29 heavy (non-hydrogen) atoms. The lowest BCUT2D eigenvalue weighted by Gasteiger charge is -2.13. The summed E-state index contributed by atoms with van der Waals surface area (Å²) in [6.45, 7) is 4.51. The summed E-state index contributed by atoms with van der Waals surface area (Å²) in [6.07, 6.45) is 3.92. The lowest BCUT2D eigenvalue weighted by atomic mass is 9.92. The van der Waals surface area contributed by atoms with Gasteiger partial charge >= 0.3 is 0 Å². The summed E-state index contributed by atoms with van der Waals surface area (Å²) in [5.41, 5.74) is 8.78. The van der Waals surface area contributed by atoms with Gasteiger partial charge in [-0.25, -0.2) is 0 Å². The normalized spacial score (nSPS) is 11.0. The van der Waals surface area contributed by atoms with Crippen molar-refractivity contribution >= 4 is 0 Å². The average molecular weight is 378 g/mol. The molecule has 144 valence electrons. The van der Waals surface area contributed by atoms with Crippen LogP contribution in [0.1, 0.15) is 30.5 Å². The second kappa shape index (κ2) is 8.87. The van der Waals surface area contributed by atoms with Crippen LogP contribution in [0.25, 0.3) is 22.4 Å². The molecule has 0 aliphatic rings. The fourth-order valence-corrected chi connectivity index (χ4v) is 3.84. The average Bonchev–Trinajstić information content (AvgIpc) is 2.75. The molecule has 0 saturated carbocycles. The number of pyridine rings is 1. The van der Waals surface area contributed by atoms with Gasteiger partial charge in [-0.05, 0) is 64.8 Å². The van der Waals surface area contributed by atoms with E-state index in [0.717, 1.165) is 18.5 Å². The molecule has 1 heterocycles. The van der Waals surface area contributed by atoms with Gasteiger partial charge in [-0.3, -0.25) is 4.98 Å². The first-order valence-corrected chi connectivity index (χ1v) is 10.4. The smallest absolute Gasteiger partial charge is 0.0704 e. The molecule has 0 bridgehead atoms. The molecule has 4 aromatic rings. The second-order valence-electron chi connectivity index (χ2n) is 8.05. The standard InChI is InChI=1S/C28H27N/c1-21(2)17-23-15-16-29-28(19-23)25-13-14-27(24-11-7-4-8-12-24)26(20-25)18-22-9-5-3-6-10-22/h3-16,19-21H,17-18H2,1-2H3. The summed E-state index contributed by atoms with van der Waals surface area (Å²) in [5.74, 6) is 0.638. The first-order valence-electron chi connectivity index (χ1n) is 10.4. The zero-order valence-electron chi connectivity index (χ0n) is 17.2. The van der Waals surface area contributed by atoms with Gasteiger partial charge in [0.15, 0.2) is 0 Å². The molecule has 4 rings (SSSR count). The lowest BCUT2D eigenvalue weighted by molar-refractivity contribution is 0.647. The predicted octanol–water partition coefficient (Wildman–Crippen LogP) is 7.20. The van der Waals surface area contributed by atoms with Gasteiger partial charge in [-0.1, -0.05) is 86.6 Å². The fourth-order valence-electron chi connectivity index (χ4n) is 3.84. The molecule has 0 radical (unpaired) electrons. The molecule has 1 aromatic heterocycles. The Hall–Kier alpha value is -3.19. The van der Waals surface area contributed by atoms with Crippen molar-refractivity contribution in [2.45, 2.75) is 26.7 Å². The van der Waals surface area contributed by atoms with E-state index < -0.39 is 0 Å². The van der Waals surface area contributed by atoms with Crippen LogP contribution in [-0.4, -0.2) is 4.98 Å². The number of aromatic nitrogens is 1. The molecule has 0 N–H and O–H groups in total. The molecule has 0 aliphatic heterocycles. The number of nitrogens with zero attached hydrogens (tertiary/aromatic N) is 1. The monoisotopic (exact) mass is 377 g/mol. The third kappa shape index (κ3) is 4.81. The van der Waals surface area contributed by atoms with Gasteiger partial charge in [0.25, 0.3) is 0 Å². The van der Waals surface area contributed by atoms with Crippen LogP contribution in [0.15, 0.2) is 97.2 Å². The van der Waals surface area contributed by atoms with Crippen LogP contribution in [0.3, 0.4) is 0 Å². The highest BCUT2D eigenvalue weighted by Crippen LogP contribution is 2.30. The molecule has 1 heteroatoms. The minimum atomic E-state index is 0.638. The van der Waals surface area contributed by atoms with Crippen molar-refractivity contribution in [3.05, 3.63) is 114 Å². The van der Waals surface area contributed by atoms with Gasteiger partial charge < -0.3 is 0 Å². The van der Waals surface area contributed by atoms with Crippen LogP contribution in [0.4, 0.5) is 0 Å². The van der Waals surface area contributed by atoms with Gasteiger partial charge in [-0.2, -0.15) is 0 Å². The van der Waals surface area contributed by atoms with E-state index in [-0.39, 0.29) is 0 Å². The Kier molecular flexibility index (Phi) is 5.86. The molecule has 0 unspecified atom stereocenters. The highest BCUT2D eigenvalue weighted by molar-refractivity contribution is 5.73. The van der Waals surface area contributed by atoms with Crippen molar-refractivity contribution in [1.29, 1.82) is 0 Å². The Morgan fingerprint density at radius 2 is 1.41 bits per heavy atom. The first-order chi connectivity index (χ1) is 14.2. The van der Waals surface area contributed by atoms with E-state index in [1.54, 1.807) is 0 Å². The summed E-state index contributed by atoms with van der Waals surface area (Å²) in [7, 11) is 0. The fraction of sp³-hybridized carbons (Fsp3) is 0.179. The van der Waals surface area contributed by atoms with Crippen molar-refractivity contribution in [2.75, 3.05) is 0 Å². The van der Waals surface area contributed by atoms with Crippen LogP contribution >= 0.6 is 0 Å².